The first-order chi connectivity index (χ1) is 11.9. The second-order valence-electron chi connectivity index (χ2n) is 5.64. The van der Waals surface area contributed by atoms with Crippen molar-refractivity contribution in [1.29, 1.82) is 0 Å². The van der Waals surface area contributed by atoms with E-state index < -0.39 is 10.8 Å². The zero-order valence-corrected chi connectivity index (χ0v) is 14.4. The van der Waals surface area contributed by atoms with E-state index in [1.165, 1.54) is 23.5 Å². The number of rotatable bonds is 5. The quantitative estimate of drug-likeness (QED) is 0.528. The molecule has 8 heteroatoms. The summed E-state index contributed by atoms with van der Waals surface area (Å²) in [5.41, 5.74) is 0.652. The van der Waals surface area contributed by atoms with E-state index in [0.717, 1.165) is 4.88 Å². The highest BCUT2D eigenvalue weighted by Crippen LogP contribution is 2.27. The van der Waals surface area contributed by atoms with Gasteiger partial charge < -0.3 is 4.42 Å². The van der Waals surface area contributed by atoms with Crippen LogP contribution in [0.4, 0.5) is 10.8 Å². The molecular formula is C17H15N3O4S. The number of hydrogen-bond donors (Lipinski definition) is 1. The van der Waals surface area contributed by atoms with Crippen LogP contribution in [0, 0.1) is 10.1 Å². The third kappa shape index (κ3) is 3.74. The second kappa shape index (κ2) is 6.86. The molecule has 1 N–H and O–H groups in total. The first-order valence-corrected chi connectivity index (χ1v) is 8.37. The number of hydrogen-bond acceptors (Lipinski definition) is 6. The fraction of sp³-hybridized carbons (Fsp3) is 0.176. The Kier molecular flexibility index (Phi) is 4.62. The van der Waals surface area contributed by atoms with Crippen molar-refractivity contribution in [1.82, 2.24) is 4.98 Å². The van der Waals surface area contributed by atoms with Gasteiger partial charge in [-0.2, -0.15) is 0 Å². The fourth-order valence-corrected chi connectivity index (χ4v) is 2.95. The molecule has 0 aliphatic carbocycles. The molecule has 0 saturated heterocycles. The molecule has 2 heterocycles. The van der Waals surface area contributed by atoms with Crippen molar-refractivity contribution in [2.75, 3.05) is 5.32 Å². The highest BCUT2D eigenvalue weighted by molar-refractivity contribution is 7.15. The molecule has 7 nitrogen and oxygen atoms in total. The largest absolute Gasteiger partial charge is 0.451 e. The molecule has 0 radical (unpaired) electrons. The third-order valence-corrected chi connectivity index (χ3v) is 4.72. The Labute approximate surface area is 147 Å². The molecule has 1 aromatic carbocycles. The summed E-state index contributed by atoms with van der Waals surface area (Å²) in [6, 6.07) is 9.14. The molecule has 3 aromatic rings. The van der Waals surface area contributed by atoms with Crippen molar-refractivity contribution in [3.05, 3.63) is 63.3 Å². The summed E-state index contributed by atoms with van der Waals surface area (Å²) in [5.74, 6) is 0.565. The Morgan fingerprint density at radius 3 is 2.56 bits per heavy atom. The van der Waals surface area contributed by atoms with Gasteiger partial charge in [-0.25, -0.2) is 4.98 Å². The Hall–Kier alpha value is -3.00. The minimum Gasteiger partial charge on any atom is -0.451 e. The van der Waals surface area contributed by atoms with Crippen molar-refractivity contribution in [2.24, 2.45) is 0 Å². The molecule has 0 atom stereocenters. The number of thiazole rings is 1. The van der Waals surface area contributed by atoms with E-state index in [4.69, 9.17) is 4.42 Å². The normalized spacial score (nSPS) is 10.8. The van der Waals surface area contributed by atoms with Crippen LogP contribution in [-0.4, -0.2) is 15.8 Å². The first-order valence-electron chi connectivity index (χ1n) is 7.56. The number of anilines is 1. The van der Waals surface area contributed by atoms with Crippen molar-refractivity contribution in [3.63, 3.8) is 0 Å². The molecule has 0 fully saturated rings. The van der Waals surface area contributed by atoms with Gasteiger partial charge in [0.05, 0.1) is 4.92 Å². The monoisotopic (exact) mass is 357 g/mol. The Bertz CT molecular complexity index is 912. The molecule has 25 heavy (non-hydrogen) atoms. The van der Waals surface area contributed by atoms with Gasteiger partial charge in [-0.05, 0) is 30.2 Å². The van der Waals surface area contributed by atoms with Gasteiger partial charge in [-0.1, -0.05) is 13.8 Å². The topological polar surface area (TPSA) is 98.3 Å². The molecule has 2 aromatic heterocycles. The van der Waals surface area contributed by atoms with Crippen LogP contribution in [0.3, 0.4) is 0 Å². The molecule has 3 rings (SSSR count). The van der Waals surface area contributed by atoms with Crippen LogP contribution >= 0.6 is 11.3 Å². The van der Waals surface area contributed by atoms with Gasteiger partial charge in [0.15, 0.2) is 10.9 Å². The van der Waals surface area contributed by atoms with Crippen molar-refractivity contribution in [3.8, 4) is 11.3 Å². The number of benzene rings is 1. The van der Waals surface area contributed by atoms with Crippen LogP contribution in [0.2, 0.25) is 0 Å². The number of nitro benzene ring substituents is 1. The average Bonchev–Trinajstić information content (AvgIpc) is 3.24. The van der Waals surface area contributed by atoms with Gasteiger partial charge in [-0.15, -0.1) is 11.3 Å². The zero-order chi connectivity index (χ0) is 18.0. The Morgan fingerprint density at radius 1 is 1.24 bits per heavy atom. The molecule has 0 aliphatic rings. The van der Waals surface area contributed by atoms with Crippen molar-refractivity contribution < 1.29 is 14.1 Å². The molecule has 128 valence electrons. The van der Waals surface area contributed by atoms with E-state index in [1.807, 2.05) is 0 Å². The number of non-ortho nitro benzene ring substituents is 1. The number of nitro groups is 1. The molecule has 0 spiro atoms. The van der Waals surface area contributed by atoms with E-state index in [-0.39, 0.29) is 11.4 Å². The lowest BCUT2D eigenvalue weighted by atomic mass is 10.1. The number of aromatic nitrogens is 1. The molecule has 1 amide bonds. The minimum absolute atomic E-state index is 0.00185. The van der Waals surface area contributed by atoms with Crippen LogP contribution in [0.25, 0.3) is 11.3 Å². The number of carbonyl (C=O) groups is 1. The predicted octanol–water partition coefficient (Wildman–Crippen LogP) is 4.69. The van der Waals surface area contributed by atoms with Crippen LogP contribution in [0.5, 0.6) is 0 Å². The molecule has 0 saturated carbocycles. The Morgan fingerprint density at radius 2 is 1.96 bits per heavy atom. The third-order valence-electron chi connectivity index (χ3n) is 3.51. The summed E-state index contributed by atoms with van der Waals surface area (Å²) < 4.78 is 5.55. The van der Waals surface area contributed by atoms with Gasteiger partial charge in [0.25, 0.3) is 11.6 Å². The summed E-state index contributed by atoms with van der Waals surface area (Å²) in [6.07, 6.45) is 1.75. The molecule has 0 aliphatic heterocycles. The van der Waals surface area contributed by atoms with Gasteiger partial charge >= 0.3 is 0 Å². The summed E-state index contributed by atoms with van der Waals surface area (Å²) in [4.78, 5) is 27.7. The number of nitrogens with one attached hydrogen (secondary N) is 1. The van der Waals surface area contributed by atoms with Crippen LogP contribution in [0.1, 0.15) is 35.2 Å². The van der Waals surface area contributed by atoms with Gasteiger partial charge in [0.1, 0.15) is 5.76 Å². The molecule has 0 bridgehead atoms. The smallest absolute Gasteiger partial charge is 0.293 e. The van der Waals surface area contributed by atoms with E-state index in [1.54, 1.807) is 30.5 Å². The van der Waals surface area contributed by atoms with Crippen LogP contribution in [-0.2, 0) is 0 Å². The van der Waals surface area contributed by atoms with E-state index in [0.29, 0.717) is 22.4 Å². The highest BCUT2D eigenvalue weighted by atomic mass is 32.1. The second-order valence-corrected chi connectivity index (χ2v) is 6.71. The maximum Gasteiger partial charge on any atom is 0.293 e. The fourth-order valence-electron chi connectivity index (χ4n) is 2.13. The molecule has 0 unspecified atom stereocenters. The summed E-state index contributed by atoms with van der Waals surface area (Å²) in [7, 11) is 0. The maximum absolute atomic E-state index is 12.3. The lowest BCUT2D eigenvalue weighted by Crippen LogP contribution is -2.10. The lowest BCUT2D eigenvalue weighted by Gasteiger charge is -2.00. The molecular weight excluding hydrogens is 342 g/mol. The summed E-state index contributed by atoms with van der Waals surface area (Å²) in [5, 5.41) is 13.9. The van der Waals surface area contributed by atoms with E-state index in [2.05, 4.69) is 24.1 Å². The van der Waals surface area contributed by atoms with Gasteiger partial charge in [0.2, 0.25) is 0 Å². The van der Waals surface area contributed by atoms with Gasteiger partial charge in [-0.3, -0.25) is 20.2 Å². The SMILES string of the molecule is CC(C)c1cnc(NC(=O)c2ccc(-c3ccc([N+](=O)[O-])cc3)o2)s1. The number of furan rings is 1. The number of carbonyl (C=O) groups excluding carboxylic acids is 1. The van der Waals surface area contributed by atoms with Crippen molar-refractivity contribution in [2.45, 2.75) is 19.8 Å². The first kappa shape index (κ1) is 16.8. The summed E-state index contributed by atoms with van der Waals surface area (Å²) in [6.45, 7) is 4.12. The highest BCUT2D eigenvalue weighted by Gasteiger charge is 2.15. The van der Waals surface area contributed by atoms with Crippen LogP contribution < -0.4 is 5.32 Å². The van der Waals surface area contributed by atoms with E-state index >= 15 is 0 Å². The summed E-state index contributed by atoms with van der Waals surface area (Å²) >= 11 is 1.42. The predicted molar refractivity (Wildman–Crippen MR) is 95.0 cm³/mol. The van der Waals surface area contributed by atoms with Crippen molar-refractivity contribution >= 4 is 28.1 Å². The lowest BCUT2D eigenvalue weighted by molar-refractivity contribution is -0.384. The average molecular weight is 357 g/mol. The van der Waals surface area contributed by atoms with Crippen LogP contribution in [0.15, 0.2) is 47.0 Å². The van der Waals surface area contributed by atoms with E-state index in [9.17, 15) is 14.9 Å². The number of amides is 1. The number of nitrogens with zero attached hydrogens (tertiary/aromatic N) is 2. The van der Waals surface area contributed by atoms with Gasteiger partial charge in [0, 0.05) is 28.8 Å². The maximum atomic E-state index is 12.3. The standard InChI is InChI=1S/C17H15N3O4S/c1-10(2)15-9-18-17(25-15)19-16(21)14-8-7-13(24-14)11-3-5-12(6-4-11)20(22)23/h3-10H,1-2H3,(H,18,19,21). The minimum atomic E-state index is -0.468. The zero-order valence-electron chi connectivity index (χ0n) is 13.6. The Balaban J connectivity index is 1.73.